The molecule has 0 aliphatic rings. The number of rotatable bonds is 13. The van der Waals surface area contributed by atoms with E-state index in [0.717, 1.165) is 6.04 Å². The van der Waals surface area contributed by atoms with E-state index >= 15 is 0 Å². The second kappa shape index (κ2) is 11.6. The van der Waals surface area contributed by atoms with Gasteiger partial charge in [0.25, 0.3) is 0 Å². The van der Waals surface area contributed by atoms with Crippen molar-refractivity contribution in [3.05, 3.63) is 0 Å². The Morgan fingerprint density at radius 3 is 1.95 bits per heavy atom. The van der Waals surface area contributed by atoms with Crippen LogP contribution in [0.5, 0.6) is 0 Å². The Labute approximate surface area is 129 Å². The molecule has 0 heterocycles. The quantitative estimate of drug-likeness (QED) is 0.360. The van der Waals surface area contributed by atoms with Crippen molar-refractivity contribution >= 4 is 0 Å². The van der Waals surface area contributed by atoms with Crippen LogP contribution in [0.3, 0.4) is 0 Å². The molecule has 2 unspecified atom stereocenters. The fraction of sp³-hybridized carbons (Fsp3) is 1.00. The number of nitrogens with zero attached hydrogens (tertiary/aromatic N) is 1. The third-order valence-electron chi connectivity index (χ3n) is 4.97. The topological polar surface area (TPSA) is 3.24 Å². The van der Waals surface area contributed by atoms with Gasteiger partial charge in [-0.2, -0.15) is 0 Å². The Morgan fingerprint density at radius 2 is 1.45 bits per heavy atom. The molecule has 0 bridgehead atoms. The summed E-state index contributed by atoms with van der Waals surface area (Å²) in [5.74, 6) is 0. The highest BCUT2D eigenvalue weighted by atomic mass is 15.1. The summed E-state index contributed by atoms with van der Waals surface area (Å²) in [5.41, 5.74) is 0.531. The maximum atomic E-state index is 2.70. The van der Waals surface area contributed by atoms with E-state index in [-0.39, 0.29) is 0 Å². The molecule has 0 radical (unpaired) electrons. The first kappa shape index (κ1) is 20.0. The lowest BCUT2D eigenvalue weighted by molar-refractivity contribution is 0.110. The normalized spacial score (nSPS) is 16.4. The highest BCUT2D eigenvalue weighted by Crippen LogP contribution is 2.32. The molecular weight excluding hydrogens is 242 g/mol. The maximum Gasteiger partial charge on any atom is 0.00644 e. The Morgan fingerprint density at radius 1 is 0.850 bits per heavy atom. The van der Waals surface area contributed by atoms with Crippen LogP contribution in [-0.2, 0) is 0 Å². The second-order valence-corrected chi connectivity index (χ2v) is 7.05. The van der Waals surface area contributed by atoms with E-state index < -0.39 is 0 Å². The van der Waals surface area contributed by atoms with Gasteiger partial charge in [0, 0.05) is 12.6 Å². The van der Waals surface area contributed by atoms with Crippen LogP contribution in [0.1, 0.15) is 99.3 Å². The van der Waals surface area contributed by atoms with Gasteiger partial charge in [0.05, 0.1) is 0 Å². The van der Waals surface area contributed by atoms with E-state index in [0.29, 0.717) is 5.41 Å². The fourth-order valence-electron chi connectivity index (χ4n) is 3.19. The smallest absolute Gasteiger partial charge is 0.00644 e. The molecule has 0 amide bonds. The molecule has 0 aliphatic carbocycles. The third kappa shape index (κ3) is 8.29. The van der Waals surface area contributed by atoms with Crippen molar-refractivity contribution in [1.82, 2.24) is 4.90 Å². The fourth-order valence-corrected chi connectivity index (χ4v) is 3.19. The van der Waals surface area contributed by atoms with Gasteiger partial charge in [0.1, 0.15) is 0 Å². The summed E-state index contributed by atoms with van der Waals surface area (Å²) < 4.78 is 0. The minimum absolute atomic E-state index is 0.531. The lowest BCUT2D eigenvalue weighted by Crippen LogP contribution is -2.41. The second-order valence-electron chi connectivity index (χ2n) is 7.05. The van der Waals surface area contributed by atoms with Crippen molar-refractivity contribution in [3.63, 3.8) is 0 Å². The van der Waals surface area contributed by atoms with Crippen LogP contribution < -0.4 is 0 Å². The van der Waals surface area contributed by atoms with E-state index in [9.17, 15) is 0 Å². The van der Waals surface area contributed by atoms with Crippen LogP contribution in [0.4, 0.5) is 0 Å². The van der Waals surface area contributed by atoms with Crippen LogP contribution in [0, 0.1) is 5.41 Å². The predicted octanol–water partition coefficient (Wildman–Crippen LogP) is 6.27. The SMILES string of the molecule is CCCCCCC(C)(CCCC)CN(CC)C(C)CC. The molecule has 1 nitrogen and oxygen atoms in total. The summed E-state index contributed by atoms with van der Waals surface area (Å²) in [6.07, 6.45) is 12.4. The molecular formula is C19H41N. The molecule has 0 saturated heterocycles. The summed E-state index contributed by atoms with van der Waals surface area (Å²) in [6.45, 7) is 16.7. The van der Waals surface area contributed by atoms with Crippen LogP contribution in [-0.4, -0.2) is 24.0 Å². The number of hydrogen-bond acceptors (Lipinski definition) is 1. The lowest BCUT2D eigenvalue weighted by Gasteiger charge is -2.38. The molecule has 0 saturated carbocycles. The van der Waals surface area contributed by atoms with Gasteiger partial charge in [-0.25, -0.2) is 0 Å². The zero-order valence-electron chi connectivity index (χ0n) is 15.3. The van der Waals surface area contributed by atoms with Crippen LogP contribution >= 0.6 is 0 Å². The van der Waals surface area contributed by atoms with E-state index in [1.807, 2.05) is 0 Å². The first-order chi connectivity index (χ1) is 9.52. The molecule has 2 atom stereocenters. The molecule has 0 N–H and O–H groups in total. The van der Waals surface area contributed by atoms with Gasteiger partial charge in [-0.1, -0.05) is 73.1 Å². The highest BCUT2D eigenvalue weighted by molar-refractivity contribution is 4.80. The Balaban J connectivity index is 4.48. The van der Waals surface area contributed by atoms with Crippen LogP contribution in [0.15, 0.2) is 0 Å². The molecule has 0 aliphatic heterocycles. The predicted molar refractivity (Wildman–Crippen MR) is 93.4 cm³/mol. The standard InChI is InChI=1S/C19H41N/c1-7-11-13-14-16-19(6,15-12-8-2)17-20(10-4)18(5)9-3/h18H,7-17H2,1-6H3. The van der Waals surface area contributed by atoms with Crippen molar-refractivity contribution in [2.45, 2.75) is 105 Å². The minimum Gasteiger partial charge on any atom is -0.300 e. The van der Waals surface area contributed by atoms with E-state index in [1.165, 1.54) is 70.9 Å². The number of unbranched alkanes of at least 4 members (excludes halogenated alkanes) is 4. The van der Waals surface area contributed by atoms with Gasteiger partial charge in [-0.3, -0.25) is 0 Å². The minimum atomic E-state index is 0.531. The van der Waals surface area contributed by atoms with Gasteiger partial charge in [-0.15, -0.1) is 0 Å². The Kier molecular flexibility index (Phi) is 11.6. The zero-order valence-corrected chi connectivity index (χ0v) is 15.3. The van der Waals surface area contributed by atoms with Crippen molar-refractivity contribution in [3.8, 4) is 0 Å². The average molecular weight is 284 g/mol. The third-order valence-corrected chi connectivity index (χ3v) is 4.97. The van der Waals surface area contributed by atoms with Crippen LogP contribution in [0.2, 0.25) is 0 Å². The summed E-state index contributed by atoms with van der Waals surface area (Å²) in [7, 11) is 0. The molecule has 0 aromatic heterocycles. The molecule has 20 heavy (non-hydrogen) atoms. The van der Waals surface area contributed by atoms with Gasteiger partial charge in [-0.05, 0) is 38.1 Å². The first-order valence-corrected chi connectivity index (χ1v) is 9.27. The molecule has 1 heteroatoms. The lowest BCUT2D eigenvalue weighted by atomic mass is 9.79. The monoisotopic (exact) mass is 283 g/mol. The van der Waals surface area contributed by atoms with Gasteiger partial charge >= 0.3 is 0 Å². The average Bonchev–Trinajstić information content (AvgIpc) is 2.46. The molecule has 0 aromatic rings. The number of hydrogen-bond donors (Lipinski definition) is 0. The maximum absolute atomic E-state index is 2.70. The summed E-state index contributed by atoms with van der Waals surface area (Å²) in [5, 5.41) is 0. The van der Waals surface area contributed by atoms with Gasteiger partial charge in [0.15, 0.2) is 0 Å². The molecule has 0 fully saturated rings. The highest BCUT2D eigenvalue weighted by Gasteiger charge is 2.27. The van der Waals surface area contributed by atoms with Crippen molar-refractivity contribution in [2.75, 3.05) is 13.1 Å². The molecule has 0 aromatic carbocycles. The zero-order chi connectivity index (χ0) is 15.4. The Bertz CT molecular complexity index is 214. The summed E-state index contributed by atoms with van der Waals surface area (Å²) >= 11 is 0. The molecule has 0 rings (SSSR count). The van der Waals surface area contributed by atoms with Crippen molar-refractivity contribution < 1.29 is 0 Å². The largest absolute Gasteiger partial charge is 0.300 e. The van der Waals surface area contributed by atoms with Crippen LogP contribution in [0.25, 0.3) is 0 Å². The van der Waals surface area contributed by atoms with Gasteiger partial charge < -0.3 is 4.90 Å². The van der Waals surface area contributed by atoms with Crippen molar-refractivity contribution in [2.24, 2.45) is 5.41 Å². The van der Waals surface area contributed by atoms with E-state index in [1.54, 1.807) is 0 Å². The van der Waals surface area contributed by atoms with E-state index in [4.69, 9.17) is 0 Å². The van der Waals surface area contributed by atoms with Gasteiger partial charge in [0.2, 0.25) is 0 Å². The van der Waals surface area contributed by atoms with E-state index in [2.05, 4.69) is 46.4 Å². The molecule has 122 valence electrons. The first-order valence-electron chi connectivity index (χ1n) is 9.27. The summed E-state index contributed by atoms with van der Waals surface area (Å²) in [6, 6.07) is 0.733. The molecule has 0 spiro atoms. The Hall–Kier alpha value is -0.0400. The van der Waals surface area contributed by atoms with Crippen molar-refractivity contribution in [1.29, 1.82) is 0 Å². The summed E-state index contributed by atoms with van der Waals surface area (Å²) in [4.78, 5) is 2.70.